The van der Waals surface area contributed by atoms with Crippen molar-refractivity contribution in [1.82, 2.24) is 9.55 Å². The van der Waals surface area contributed by atoms with E-state index in [1.165, 1.54) is 0 Å². The molecule has 0 radical (unpaired) electrons. The van der Waals surface area contributed by atoms with Gasteiger partial charge in [-0.2, -0.15) is 0 Å². The molecule has 0 atom stereocenters. The number of hydrogen-bond donors (Lipinski definition) is 0. The lowest BCUT2D eigenvalue weighted by atomic mass is 10.1. The van der Waals surface area contributed by atoms with Crippen molar-refractivity contribution in [3.8, 4) is 5.69 Å². The maximum atomic E-state index is 11.0. The first-order valence-electron chi connectivity index (χ1n) is 5.34. The van der Waals surface area contributed by atoms with Crippen LogP contribution in [0, 0.1) is 6.92 Å². The van der Waals surface area contributed by atoms with E-state index in [-0.39, 0.29) is 0 Å². The summed E-state index contributed by atoms with van der Waals surface area (Å²) in [4.78, 5) is 15.3. The number of hydrogen-bond acceptors (Lipinski definition) is 2. The molecule has 2 rings (SSSR count). The molecule has 0 aliphatic rings. The first-order chi connectivity index (χ1) is 7.76. The van der Waals surface area contributed by atoms with Gasteiger partial charge < -0.3 is 4.57 Å². The van der Waals surface area contributed by atoms with Gasteiger partial charge in [-0.1, -0.05) is 18.6 Å². The molecule has 1 aromatic heterocycles. The first kappa shape index (κ1) is 10.6. The summed E-state index contributed by atoms with van der Waals surface area (Å²) in [6, 6.07) is 5.85. The van der Waals surface area contributed by atoms with Crippen LogP contribution in [0.3, 0.4) is 0 Å². The Bertz CT molecular complexity index is 514. The number of aldehydes is 1. The van der Waals surface area contributed by atoms with Crippen LogP contribution in [-0.4, -0.2) is 15.8 Å². The number of carbonyl (C=O) groups excluding carboxylic acids is 1. The largest absolute Gasteiger partial charge is 0.303 e. The number of aryl methyl sites for hydroxylation is 2. The fraction of sp³-hybridized carbons (Fsp3) is 0.231. The number of nitrogens with zero attached hydrogens (tertiary/aromatic N) is 2. The number of carbonyl (C=O) groups is 1. The lowest BCUT2D eigenvalue weighted by Crippen LogP contribution is -2.02. The minimum absolute atomic E-state index is 0.702. The van der Waals surface area contributed by atoms with Crippen molar-refractivity contribution in [3.63, 3.8) is 0 Å². The second-order valence-electron chi connectivity index (χ2n) is 3.75. The molecule has 0 unspecified atom stereocenters. The van der Waals surface area contributed by atoms with E-state index in [0.717, 1.165) is 29.8 Å². The molecule has 3 nitrogen and oxygen atoms in total. The third-order valence-corrected chi connectivity index (χ3v) is 2.60. The van der Waals surface area contributed by atoms with E-state index < -0.39 is 0 Å². The van der Waals surface area contributed by atoms with Gasteiger partial charge in [0.25, 0.3) is 0 Å². The second-order valence-corrected chi connectivity index (χ2v) is 3.75. The molecule has 16 heavy (non-hydrogen) atoms. The van der Waals surface area contributed by atoms with Gasteiger partial charge in [-0.25, -0.2) is 4.98 Å². The standard InChI is InChI=1S/C13H14N2O/c1-3-13-14-6-7-15(13)12-5-4-10(2)8-11(12)9-16/h4-9H,3H2,1-2H3. The SMILES string of the molecule is CCc1nccn1-c1ccc(C)cc1C=O. The summed E-state index contributed by atoms with van der Waals surface area (Å²) < 4.78 is 1.96. The highest BCUT2D eigenvalue weighted by Gasteiger charge is 2.07. The maximum absolute atomic E-state index is 11.0. The summed E-state index contributed by atoms with van der Waals surface area (Å²) in [5.41, 5.74) is 2.69. The van der Waals surface area contributed by atoms with Crippen molar-refractivity contribution < 1.29 is 4.79 Å². The third kappa shape index (κ3) is 1.76. The summed E-state index contributed by atoms with van der Waals surface area (Å²) >= 11 is 0. The molecular weight excluding hydrogens is 200 g/mol. The van der Waals surface area contributed by atoms with Crippen LogP contribution in [0.1, 0.15) is 28.7 Å². The third-order valence-electron chi connectivity index (χ3n) is 2.60. The fourth-order valence-corrected chi connectivity index (χ4v) is 1.80. The van der Waals surface area contributed by atoms with E-state index in [2.05, 4.69) is 4.98 Å². The first-order valence-corrected chi connectivity index (χ1v) is 5.34. The van der Waals surface area contributed by atoms with Gasteiger partial charge in [0.1, 0.15) is 5.82 Å². The Morgan fingerprint density at radius 2 is 2.25 bits per heavy atom. The number of rotatable bonds is 3. The van der Waals surface area contributed by atoms with Crippen LogP contribution in [0.15, 0.2) is 30.6 Å². The molecule has 2 aromatic rings. The molecule has 1 aromatic carbocycles. The van der Waals surface area contributed by atoms with E-state index in [4.69, 9.17) is 0 Å². The van der Waals surface area contributed by atoms with Crippen LogP contribution in [0.5, 0.6) is 0 Å². The van der Waals surface area contributed by atoms with Crippen LogP contribution in [0.4, 0.5) is 0 Å². The van der Waals surface area contributed by atoms with Gasteiger partial charge in [0.15, 0.2) is 6.29 Å². The van der Waals surface area contributed by atoms with Crippen molar-refractivity contribution >= 4 is 6.29 Å². The molecule has 0 saturated carbocycles. The maximum Gasteiger partial charge on any atom is 0.152 e. The predicted octanol–water partition coefficient (Wildman–Crippen LogP) is 2.56. The minimum Gasteiger partial charge on any atom is -0.303 e. The van der Waals surface area contributed by atoms with Gasteiger partial charge in [-0.05, 0) is 19.1 Å². The summed E-state index contributed by atoms with van der Waals surface area (Å²) in [7, 11) is 0. The van der Waals surface area contributed by atoms with Crippen molar-refractivity contribution in [2.24, 2.45) is 0 Å². The van der Waals surface area contributed by atoms with E-state index in [0.29, 0.717) is 5.56 Å². The highest BCUT2D eigenvalue weighted by atomic mass is 16.1. The Morgan fingerprint density at radius 3 is 2.94 bits per heavy atom. The van der Waals surface area contributed by atoms with Crippen LogP contribution in [0.25, 0.3) is 5.69 Å². The monoisotopic (exact) mass is 214 g/mol. The van der Waals surface area contributed by atoms with Gasteiger partial charge in [-0.15, -0.1) is 0 Å². The molecule has 1 heterocycles. The number of benzene rings is 1. The van der Waals surface area contributed by atoms with Crippen molar-refractivity contribution in [2.45, 2.75) is 20.3 Å². The Labute approximate surface area is 94.7 Å². The van der Waals surface area contributed by atoms with E-state index in [1.54, 1.807) is 6.20 Å². The lowest BCUT2D eigenvalue weighted by molar-refractivity contribution is 0.112. The highest BCUT2D eigenvalue weighted by molar-refractivity contribution is 5.81. The van der Waals surface area contributed by atoms with Crippen molar-refractivity contribution in [3.05, 3.63) is 47.5 Å². The number of aromatic nitrogens is 2. The van der Waals surface area contributed by atoms with Gasteiger partial charge in [-0.3, -0.25) is 4.79 Å². The molecule has 82 valence electrons. The summed E-state index contributed by atoms with van der Waals surface area (Å²) in [5, 5.41) is 0. The van der Waals surface area contributed by atoms with E-state index in [9.17, 15) is 4.79 Å². The second kappa shape index (κ2) is 4.31. The molecule has 0 N–H and O–H groups in total. The molecule has 0 saturated heterocycles. The quantitative estimate of drug-likeness (QED) is 0.736. The fourth-order valence-electron chi connectivity index (χ4n) is 1.80. The summed E-state index contributed by atoms with van der Waals surface area (Å²) in [6.07, 6.45) is 5.38. The average molecular weight is 214 g/mol. The van der Waals surface area contributed by atoms with Crippen LogP contribution in [0.2, 0.25) is 0 Å². The molecule has 0 bridgehead atoms. The smallest absolute Gasteiger partial charge is 0.152 e. The van der Waals surface area contributed by atoms with Gasteiger partial charge >= 0.3 is 0 Å². The Kier molecular flexibility index (Phi) is 2.86. The predicted molar refractivity (Wildman–Crippen MR) is 63.1 cm³/mol. The Hall–Kier alpha value is -1.90. The molecule has 0 spiro atoms. The van der Waals surface area contributed by atoms with Gasteiger partial charge in [0.05, 0.1) is 5.69 Å². The van der Waals surface area contributed by atoms with Gasteiger partial charge in [0.2, 0.25) is 0 Å². The summed E-state index contributed by atoms with van der Waals surface area (Å²) in [6.45, 7) is 4.03. The van der Waals surface area contributed by atoms with E-state index in [1.807, 2.05) is 42.8 Å². The zero-order valence-electron chi connectivity index (χ0n) is 9.47. The minimum atomic E-state index is 0.702. The molecular formula is C13H14N2O. The topological polar surface area (TPSA) is 34.9 Å². The average Bonchev–Trinajstić information content (AvgIpc) is 2.76. The molecule has 0 amide bonds. The number of imidazole rings is 1. The zero-order valence-corrected chi connectivity index (χ0v) is 9.47. The van der Waals surface area contributed by atoms with Crippen LogP contribution in [-0.2, 0) is 6.42 Å². The summed E-state index contributed by atoms with van der Waals surface area (Å²) in [5.74, 6) is 0.965. The Morgan fingerprint density at radius 1 is 1.44 bits per heavy atom. The zero-order chi connectivity index (χ0) is 11.5. The van der Waals surface area contributed by atoms with Crippen molar-refractivity contribution in [1.29, 1.82) is 0 Å². The molecule has 0 aliphatic heterocycles. The van der Waals surface area contributed by atoms with Crippen molar-refractivity contribution in [2.75, 3.05) is 0 Å². The van der Waals surface area contributed by atoms with Gasteiger partial charge in [0, 0.05) is 24.4 Å². The van der Waals surface area contributed by atoms with E-state index >= 15 is 0 Å². The molecule has 0 fully saturated rings. The lowest BCUT2D eigenvalue weighted by Gasteiger charge is -2.09. The normalized spacial score (nSPS) is 10.4. The van der Waals surface area contributed by atoms with Crippen LogP contribution < -0.4 is 0 Å². The molecule has 3 heteroatoms. The Balaban J connectivity index is 2.59. The highest BCUT2D eigenvalue weighted by Crippen LogP contribution is 2.16. The van der Waals surface area contributed by atoms with Crippen LogP contribution >= 0.6 is 0 Å². The molecule has 0 aliphatic carbocycles.